The maximum atomic E-state index is 12.0. The van der Waals surface area contributed by atoms with Crippen molar-refractivity contribution in [3.8, 4) is 0 Å². The summed E-state index contributed by atoms with van der Waals surface area (Å²) >= 11 is 0. The molecule has 0 spiro atoms. The monoisotopic (exact) mass is 332 g/mol. The van der Waals surface area contributed by atoms with Crippen molar-refractivity contribution in [3.05, 3.63) is 24.3 Å². The highest BCUT2D eigenvalue weighted by atomic mass is 32.2. The lowest BCUT2D eigenvalue weighted by molar-refractivity contribution is 0.574. The van der Waals surface area contributed by atoms with Gasteiger partial charge >= 0.3 is 0 Å². The normalized spacial score (nSPS) is 18.4. The van der Waals surface area contributed by atoms with E-state index < -0.39 is 20.0 Å². The molecule has 1 saturated heterocycles. The first-order valence-electron chi connectivity index (χ1n) is 6.95. The molecule has 1 heterocycles. The van der Waals surface area contributed by atoms with Gasteiger partial charge in [-0.15, -0.1) is 0 Å². The Kier molecular flexibility index (Phi) is 4.77. The van der Waals surface area contributed by atoms with E-state index in [0.29, 0.717) is 30.8 Å². The van der Waals surface area contributed by atoms with Gasteiger partial charge in [-0.05, 0) is 43.5 Å². The van der Waals surface area contributed by atoms with Gasteiger partial charge in [0.2, 0.25) is 20.0 Å². The van der Waals surface area contributed by atoms with Crippen molar-refractivity contribution in [3.63, 3.8) is 0 Å². The predicted octanol–water partition coefficient (Wildman–Crippen LogP) is 1.77. The second-order valence-corrected chi connectivity index (χ2v) is 8.92. The quantitative estimate of drug-likeness (QED) is 0.890. The summed E-state index contributed by atoms with van der Waals surface area (Å²) in [5, 5.41) is 0. The summed E-state index contributed by atoms with van der Waals surface area (Å²) < 4.78 is 51.2. The third-order valence-corrected chi connectivity index (χ3v) is 6.61. The molecule has 0 amide bonds. The van der Waals surface area contributed by atoms with Crippen molar-refractivity contribution in [1.82, 2.24) is 0 Å². The van der Waals surface area contributed by atoms with E-state index in [1.54, 1.807) is 31.2 Å². The van der Waals surface area contributed by atoms with E-state index in [-0.39, 0.29) is 11.5 Å². The molecule has 1 N–H and O–H groups in total. The molecule has 1 aliphatic rings. The summed E-state index contributed by atoms with van der Waals surface area (Å²) in [6.07, 6.45) is 2.07. The first-order valence-corrected chi connectivity index (χ1v) is 10.2. The number of benzene rings is 1. The zero-order valence-electron chi connectivity index (χ0n) is 11.9. The molecule has 1 aromatic rings. The van der Waals surface area contributed by atoms with Crippen LogP contribution in [-0.2, 0) is 20.0 Å². The van der Waals surface area contributed by atoms with E-state index in [1.807, 2.05) is 0 Å². The van der Waals surface area contributed by atoms with Crippen LogP contribution in [0.1, 0.15) is 26.2 Å². The van der Waals surface area contributed by atoms with E-state index >= 15 is 0 Å². The van der Waals surface area contributed by atoms with Crippen LogP contribution in [-0.4, -0.2) is 34.9 Å². The minimum Gasteiger partial charge on any atom is -0.284 e. The fourth-order valence-electron chi connectivity index (χ4n) is 2.27. The van der Waals surface area contributed by atoms with Crippen LogP contribution in [0.4, 0.5) is 11.4 Å². The molecule has 6 nitrogen and oxygen atoms in total. The van der Waals surface area contributed by atoms with Crippen LogP contribution in [0.2, 0.25) is 0 Å². The predicted molar refractivity (Wildman–Crippen MR) is 84.5 cm³/mol. The molecule has 0 aromatic heterocycles. The molecule has 0 radical (unpaired) electrons. The van der Waals surface area contributed by atoms with Gasteiger partial charge in [0.1, 0.15) is 0 Å². The third-order valence-electron chi connectivity index (χ3n) is 3.25. The Bertz CT molecular complexity index is 681. The molecule has 0 saturated carbocycles. The van der Waals surface area contributed by atoms with E-state index in [2.05, 4.69) is 4.72 Å². The van der Waals surface area contributed by atoms with Crippen LogP contribution in [0.15, 0.2) is 24.3 Å². The second kappa shape index (κ2) is 6.23. The first kappa shape index (κ1) is 16.1. The van der Waals surface area contributed by atoms with Crippen molar-refractivity contribution in [2.24, 2.45) is 0 Å². The van der Waals surface area contributed by atoms with Crippen molar-refractivity contribution in [2.45, 2.75) is 26.2 Å². The lowest BCUT2D eigenvalue weighted by atomic mass is 10.2. The summed E-state index contributed by atoms with van der Waals surface area (Å²) in [6.45, 7) is 2.27. The summed E-state index contributed by atoms with van der Waals surface area (Å²) in [5.41, 5.74) is 1.02. The van der Waals surface area contributed by atoms with Crippen LogP contribution >= 0.6 is 0 Å². The van der Waals surface area contributed by atoms with E-state index in [4.69, 9.17) is 0 Å². The van der Waals surface area contributed by atoms with Crippen LogP contribution in [0.5, 0.6) is 0 Å². The molecule has 0 bridgehead atoms. The number of nitrogens with one attached hydrogen (secondary N) is 1. The van der Waals surface area contributed by atoms with Gasteiger partial charge in [0.05, 0.1) is 17.2 Å². The summed E-state index contributed by atoms with van der Waals surface area (Å²) in [4.78, 5) is 0. The fraction of sp³-hybridized carbons (Fsp3) is 0.538. The Labute approximate surface area is 126 Å². The topological polar surface area (TPSA) is 83.6 Å². The molecule has 0 atom stereocenters. The van der Waals surface area contributed by atoms with Gasteiger partial charge < -0.3 is 0 Å². The molecule has 2 rings (SSSR count). The molecule has 1 aliphatic heterocycles. The highest BCUT2D eigenvalue weighted by molar-refractivity contribution is 7.93. The Morgan fingerprint density at radius 1 is 1.19 bits per heavy atom. The van der Waals surface area contributed by atoms with E-state index in [9.17, 15) is 16.8 Å². The van der Waals surface area contributed by atoms with Crippen molar-refractivity contribution in [1.29, 1.82) is 0 Å². The number of hydrogen-bond acceptors (Lipinski definition) is 4. The van der Waals surface area contributed by atoms with Gasteiger partial charge in [-0.1, -0.05) is 6.92 Å². The number of hydrogen-bond donors (Lipinski definition) is 1. The largest absolute Gasteiger partial charge is 0.284 e. The van der Waals surface area contributed by atoms with Gasteiger partial charge in [-0.25, -0.2) is 16.8 Å². The minimum atomic E-state index is -3.33. The molecular formula is C13H20N2O4S2. The van der Waals surface area contributed by atoms with Crippen LogP contribution < -0.4 is 9.03 Å². The highest BCUT2D eigenvalue weighted by Crippen LogP contribution is 2.25. The maximum absolute atomic E-state index is 12.0. The van der Waals surface area contributed by atoms with Crippen molar-refractivity contribution >= 4 is 31.4 Å². The van der Waals surface area contributed by atoms with Crippen LogP contribution in [0, 0.1) is 0 Å². The van der Waals surface area contributed by atoms with Crippen LogP contribution in [0.25, 0.3) is 0 Å². The van der Waals surface area contributed by atoms with Crippen molar-refractivity contribution in [2.75, 3.05) is 27.1 Å². The molecule has 1 fully saturated rings. The van der Waals surface area contributed by atoms with Gasteiger partial charge in [-0.2, -0.15) is 0 Å². The highest BCUT2D eigenvalue weighted by Gasteiger charge is 2.25. The zero-order valence-corrected chi connectivity index (χ0v) is 13.6. The van der Waals surface area contributed by atoms with Crippen molar-refractivity contribution < 1.29 is 16.8 Å². The maximum Gasteiger partial charge on any atom is 0.235 e. The molecule has 0 aliphatic carbocycles. The number of nitrogens with zero attached hydrogens (tertiary/aromatic N) is 1. The van der Waals surface area contributed by atoms with Gasteiger partial charge in [-0.3, -0.25) is 9.03 Å². The van der Waals surface area contributed by atoms with E-state index in [0.717, 1.165) is 6.42 Å². The summed E-state index contributed by atoms with van der Waals surface area (Å²) in [7, 11) is -6.57. The number of rotatable bonds is 5. The zero-order chi connectivity index (χ0) is 15.5. The van der Waals surface area contributed by atoms with Gasteiger partial charge in [0.25, 0.3) is 0 Å². The summed E-state index contributed by atoms with van der Waals surface area (Å²) in [5.74, 6) is 0.229. The Balaban J connectivity index is 2.16. The third kappa shape index (κ3) is 4.10. The Morgan fingerprint density at radius 3 is 2.43 bits per heavy atom. The Morgan fingerprint density at radius 2 is 1.86 bits per heavy atom. The van der Waals surface area contributed by atoms with Gasteiger partial charge in [0.15, 0.2) is 0 Å². The van der Waals surface area contributed by atoms with E-state index in [1.165, 1.54) is 4.31 Å². The molecule has 118 valence electrons. The molecule has 0 unspecified atom stereocenters. The Hall–Kier alpha value is -1.28. The second-order valence-electron chi connectivity index (χ2n) is 5.06. The SMILES string of the molecule is CCCS(=O)(=O)Nc1ccc(N2CCCCS2(=O)=O)cc1. The van der Waals surface area contributed by atoms with Crippen LogP contribution in [0.3, 0.4) is 0 Å². The smallest absolute Gasteiger partial charge is 0.235 e. The number of anilines is 2. The lowest BCUT2D eigenvalue weighted by Gasteiger charge is -2.28. The molecule has 1 aromatic carbocycles. The average Bonchev–Trinajstić information content (AvgIpc) is 2.39. The van der Waals surface area contributed by atoms with Gasteiger partial charge in [0, 0.05) is 12.2 Å². The average molecular weight is 332 g/mol. The fourth-order valence-corrected chi connectivity index (χ4v) is 5.05. The molecule has 21 heavy (non-hydrogen) atoms. The first-order chi connectivity index (χ1) is 9.84. The molecular weight excluding hydrogens is 312 g/mol. The minimum absolute atomic E-state index is 0.0647. The molecule has 8 heteroatoms. The standard InChI is InChI=1S/C13H20N2O4S2/c1-2-10-20(16,17)14-12-5-7-13(8-6-12)15-9-3-4-11-21(15,18)19/h5-8,14H,2-4,9-11H2,1H3. The number of sulfonamides is 2. The lowest BCUT2D eigenvalue weighted by Crippen LogP contribution is -2.37. The summed E-state index contributed by atoms with van der Waals surface area (Å²) in [6, 6.07) is 6.44.